The normalized spacial score (nSPS) is 24.0. The van der Waals surface area contributed by atoms with Crippen molar-refractivity contribution in [2.75, 3.05) is 51.2 Å². The zero-order valence-electron chi connectivity index (χ0n) is 16.3. The summed E-state index contributed by atoms with van der Waals surface area (Å²) in [7, 11) is 2.24. The Balaban J connectivity index is 1.57. The molecule has 3 heteroatoms. The van der Waals surface area contributed by atoms with E-state index in [4.69, 9.17) is 0 Å². The lowest BCUT2D eigenvalue weighted by Gasteiger charge is -2.35. The molecule has 1 aliphatic carbocycles. The number of hydrogen-bond acceptors (Lipinski definition) is 3. The molecule has 2 fully saturated rings. The predicted molar refractivity (Wildman–Crippen MR) is 106 cm³/mol. The Labute approximate surface area is 154 Å². The van der Waals surface area contributed by atoms with Crippen molar-refractivity contribution < 1.29 is 0 Å². The van der Waals surface area contributed by atoms with Crippen LogP contribution in [-0.4, -0.2) is 56.1 Å². The van der Waals surface area contributed by atoms with Gasteiger partial charge < -0.3 is 9.80 Å². The molecule has 1 saturated carbocycles. The van der Waals surface area contributed by atoms with E-state index in [9.17, 15) is 0 Å². The minimum absolute atomic E-state index is 0.459. The SMILES string of the molecule is CCCN1CC2(CCCCC2)c2cc(CN3CCN(C)CC3)ccc21. The zero-order chi connectivity index (χ0) is 17.3. The molecule has 25 heavy (non-hydrogen) atoms. The van der Waals surface area contributed by atoms with E-state index < -0.39 is 0 Å². The number of likely N-dealkylation sites (N-methyl/N-ethyl adjacent to an activating group) is 1. The number of nitrogens with zero attached hydrogens (tertiary/aromatic N) is 3. The molecule has 4 rings (SSSR count). The molecule has 0 amide bonds. The first kappa shape index (κ1) is 17.4. The van der Waals surface area contributed by atoms with Crippen molar-refractivity contribution >= 4 is 5.69 Å². The molecule has 3 nitrogen and oxygen atoms in total. The molecule has 0 atom stereocenters. The van der Waals surface area contributed by atoms with E-state index in [1.165, 1.54) is 83.4 Å². The molecule has 1 saturated heterocycles. The Hall–Kier alpha value is -1.06. The summed E-state index contributed by atoms with van der Waals surface area (Å²) in [5.74, 6) is 0. The molecule has 0 radical (unpaired) electrons. The summed E-state index contributed by atoms with van der Waals surface area (Å²) in [5, 5.41) is 0. The second-order valence-electron chi connectivity index (χ2n) is 8.69. The standard InChI is InChI=1S/C22H35N3/c1-3-11-25-18-22(9-5-4-6-10-22)20-16-19(7-8-21(20)25)17-24-14-12-23(2)13-15-24/h7-8,16H,3-6,9-15,17-18H2,1-2H3. The Morgan fingerprint density at radius 2 is 1.76 bits per heavy atom. The highest BCUT2D eigenvalue weighted by molar-refractivity contribution is 5.64. The van der Waals surface area contributed by atoms with Crippen LogP contribution in [-0.2, 0) is 12.0 Å². The lowest BCUT2D eigenvalue weighted by Crippen LogP contribution is -2.43. The minimum Gasteiger partial charge on any atom is -0.370 e. The molecular formula is C22H35N3. The predicted octanol–water partition coefficient (Wildman–Crippen LogP) is 3.87. The summed E-state index contributed by atoms with van der Waals surface area (Å²) in [6.07, 6.45) is 8.32. The lowest BCUT2D eigenvalue weighted by molar-refractivity contribution is 0.148. The van der Waals surface area contributed by atoms with E-state index in [2.05, 4.69) is 46.9 Å². The summed E-state index contributed by atoms with van der Waals surface area (Å²) in [5.41, 5.74) is 5.23. The van der Waals surface area contributed by atoms with Gasteiger partial charge in [-0.05, 0) is 43.5 Å². The van der Waals surface area contributed by atoms with Crippen LogP contribution in [0.25, 0.3) is 0 Å². The van der Waals surface area contributed by atoms with Crippen molar-refractivity contribution in [1.82, 2.24) is 9.80 Å². The monoisotopic (exact) mass is 341 g/mol. The summed E-state index contributed by atoms with van der Waals surface area (Å²) < 4.78 is 0. The third-order valence-electron chi connectivity index (χ3n) is 6.77. The number of hydrogen-bond donors (Lipinski definition) is 0. The average Bonchev–Trinajstić information content (AvgIpc) is 2.91. The van der Waals surface area contributed by atoms with Crippen molar-refractivity contribution in [1.29, 1.82) is 0 Å². The van der Waals surface area contributed by atoms with Crippen LogP contribution in [0.1, 0.15) is 56.6 Å². The second-order valence-corrected chi connectivity index (χ2v) is 8.69. The van der Waals surface area contributed by atoms with Crippen LogP contribution in [0.5, 0.6) is 0 Å². The Bertz CT molecular complexity index is 583. The number of rotatable bonds is 4. The van der Waals surface area contributed by atoms with Gasteiger partial charge in [0.05, 0.1) is 0 Å². The molecule has 1 spiro atoms. The third kappa shape index (κ3) is 3.46. The van der Waals surface area contributed by atoms with Gasteiger partial charge in [0, 0.05) is 56.9 Å². The molecule has 0 aromatic heterocycles. The summed E-state index contributed by atoms with van der Waals surface area (Å²) >= 11 is 0. The molecule has 0 unspecified atom stereocenters. The van der Waals surface area contributed by atoms with Crippen LogP contribution in [0.3, 0.4) is 0 Å². The van der Waals surface area contributed by atoms with Crippen molar-refractivity contribution in [3.63, 3.8) is 0 Å². The van der Waals surface area contributed by atoms with Gasteiger partial charge in [-0.25, -0.2) is 0 Å². The number of fused-ring (bicyclic) bond motifs is 2. The molecule has 138 valence electrons. The van der Waals surface area contributed by atoms with E-state index in [1.54, 1.807) is 11.3 Å². The number of piperazine rings is 1. The quantitative estimate of drug-likeness (QED) is 0.823. The highest BCUT2D eigenvalue weighted by Gasteiger charge is 2.42. The van der Waals surface area contributed by atoms with E-state index in [0.29, 0.717) is 5.41 Å². The maximum Gasteiger partial charge on any atom is 0.0405 e. The van der Waals surface area contributed by atoms with E-state index in [-0.39, 0.29) is 0 Å². The second kappa shape index (κ2) is 7.28. The molecule has 2 aliphatic heterocycles. The Kier molecular flexibility index (Phi) is 5.06. The van der Waals surface area contributed by atoms with Crippen LogP contribution in [0.4, 0.5) is 5.69 Å². The Morgan fingerprint density at radius 1 is 1.00 bits per heavy atom. The molecule has 0 N–H and O–H groups in total. The highest BCUT2D eigenvalue weighted by Crippen LogP contribution is 2.49. The van der Waals surface area contributed by atoms with Gasteiger partial charge in [0.25, 0.3) is 0 Å². The lowest BCUT2D eigenvalue weighted by atomic mass is 9.70. The summed E-state index contributed by atoms with van der Waals surface area (Å²) in [6, 6.07) is 7.44. The van der Waals surface area contributed by atoms with Gasteiger partial charge in [0.2, 0.25) is 0 Å². The zero-order valence-corrected chi connectivity index (χ0v) is 16.3. The van der Waals surface area contributed by atoms with Crippen LogP contribution >= 0.6 is 0 Å². The first-order valence-corrected chi connectivity index (χ1v) is 10.5. The van der Waals surface area contributed by atoms with Gasteiger partial charge in [-0.1, -0.05) is 38.3 Å². The van der Waals surface area contributed by atoms with Gasteiger partial charge in [0.15, 0.2) is 0 Å². The largest absolute Gasteiger partial charge is 0.370 e. The van der Waals surface area contributed by atoms with Crippen molar-refractivity contribution in [3.8, 4) is 0 Å². The maximum absolute atomic E-state index is 2.68. The fourth-order valence-electron chi connectivity index (χ4n) is 5.31. The number of benzene rings is 1. The van der Waals surface area contributed by atoms with Crippen LogP contribution in [0, 0.1) is 0 Å². The fourth-order valence-corrected chi connectivity index (χ4v) is 5.31. The summed E-state index contributed by atoms with van der Waals surface area (Å²) in [6.45, 7) is 10.8. The van der Waals surface area contributed by atoms with E-state index >= 15 is 0 Å². The summed E-state index contributed by atoms with van der Waals surface area (Å²) in [4.78, 5) is 7.76. The molecule has 3 aliphatic rings. The number of anilines is 1. The van der Waals surface area contributed by atoms with Crippen LogP contribution in [0.2, 0.25) is 0 Å². The highest BCUT2D eigenvalue weighted by atomic mass is 15.2. The van der Waals surface area contributed by atoms with Gasteiger partial charge in [-0.3, -0.25) is 4.90 Å². The smallest absolute Gasteiger partial charge is 0.0405 e. The fraction of sp³-hybridized carbons (Fsp3) is 0.727. The molecule has 1 aromatic rings. The van der Waals surface area contributed by atoms with Gasteiger partial charge >= 0.3 is 0 Å². The van der Waals surface area contributed by atoms with E-state index in [1.807, 2.05) is 0 Å². The van der Waals surface area contributed by atoms with Gasteiger partial charge in [0.1, 0.15) is 0 Å². The van der Waals surface area contributed by atoms with Crippen molar-refractivity contribution in [2.45, 2.75) is 57.4 Å². The molecular weight excluding hydrogens is 306 g/mol. The first-order chi connectivity index (χ1) is 12.2. The third-order valence-corrected chi connectivity index (χ3v) is 6.77. The molecule has 2 heterocycles. The Morgan fingerprint density at radius 3 is 2.48 bits per heavy atom. The average molecular weight is 342 g/mol. The maximum atomic E-state index is 2.68. The van der Waals surface area contributed by atoms with Crippen LogP contribution in [0.15, 0.2) is 18.2 Å². The van der Waals surface area contributed by atoms with Crippen molar-refractivity contribution in [2.24, 2.45) is 0 Å². The first-order valence-electron chi connectivity index (χ1n) is 10.5. The van der Waals surface area contributed by atoms with Crippen LogP contribution < -0.4 is 4.90 Å². The van der Waals surface area contributed by atoms with Gasteiger partial charge in [-0.2, -0.15) is 0 Å². The topological polar surface area (TPSA) is 9.72 Å². The van der Waals surface area contributed by atoms with Gasteiger partial charge in [-0.15, -0.1) is 0 Å². The van der Waals surface area contributed by atoms with E-state index in [0.717, 1.165) is 6.54 Å². The minimum atomic E-state index is 0.459. The molecule has 0 bridgehead atoms. The molecule has 1 aromatic carbocycles. The van der Waals surface area contributed by atoms with Crippen molar-refractivity contribution in [3.05, 3.63) is 29.3 Å².